The number of aryl methyl sites for hydroxylation is 1. The van der Waals surface area contributed by atoms with Crippen LogP contribution in [0.1, 0.15) is 31.2 Å². The largest absolute Gasteiger partial charge is 0.324 e. The van der Waals surface area contributed by atoms with E-state index in [4.69, 9.17) is 5.73 Å². The van der Waals surface area contributed by atoms with E-state index in [2.05, 4.69) is 21.2 Å². The van der Waals surface area contributed by atoms with Crippen molar-refractivity contribution in [1.29, 1.82) is 0 Å². The van der Waals surface area contributed by atoms with Gasteiger partial charge >= 0.3 is 0 Å². The molecule has 0 aromatic heterocycles. The van der Waals surface area contributed by atoms with Crippen LogP contribution in [0, 0.1) is 6.92 Å². The Morgan fingerprint density at radius 1 is 1.39 bits per heavy atom. The third-order valence-corrected chi connectivity index (χ3v) is 3.88. The summed E-state index contributed by atoms with van der Waals surface area (Å²) >= 11 is 3.40. The van der Waals surface area contributed by atoms with Crippen molar-refractivity contribution in [2.24, 2.45) is 5.73 Å². The fourth-order valence-corrected chi connectivity index (χ4v) is 2.72. The molecule has 3 N–H and O–H groups in total. The Hall–Kier alpha value is -0.580. The van der Waals surface area contributed by atoms with Crippen LogP contribution < -0.4 is 11.1 Å². The maximum absolute atomic E-state index is 12.1. The van der Waals surface area contributed by atoms with Gasteiger partial charge in [-0.2, -0.15) is 0 Å². The molecule has 1 aromatic rings. The fraction of sp³-hybridized carbons (Fsp3) is 0.462. The van der Waals surface area contributed by atoms with Gasteiger partial charge in [-0.05, 0) is 43.5 Å². The lowest BCUT2D eigenvalue weighted by molar-refractivity contribution is -0.121. The van der Waals surface area contributed by atoms with Crippen LogP contribution in [0.2, 0.25) is 0 Å². The number of benzene rings is 1. The molecule has 0 spiro atoms. The first-order valence-corrected chi connectivity index (χ1v) is 6.67. The molecule has 3 nitrogen and oxygen atoms in total. The third kappa shape index (κ3) is 3.25. The van der Waals surface area contributed by atoms with Gasteiger partial charge in [-0.3, -0.25) is 4.79 Å². The van der Waals surface area contributed by atoms with Crippen molar-refractivity contribution in [2.75, 3.05) is 5.32 Å². The second-order valence-corrected chi connectivity index (χ2v) is 5.69. The van der Waals surface area contributed by atoms with Crippen LogP contribution in [0.15, 0.2) is 22.7 Å². The molecule has 0 heterocycles. The minimum Gasteiger partial charge on any atom is -0.324 e. The van der Waals surface area contributed by atoms with E-state index in [1.54, 1.807) is 0 Å². The zero-order chi connectivity index (χ0) is 12.5. The average molecular weight is 334 g/mol. The summed E-state index contributed by atoms with van der Waals surface area (Å²) in [6.07, 6.45) is 3.66. The molecule has 0 aliphatic heterocycles. The fourth-order valence-electron chi connectivity index (χ4n) is 2.25. The van der Waals surface area contributed by atoms with Crippen molar-refractivity contribution in [1.82, 2.24) is 0 Å². The Kier molecular flexibility index (Phi) is 5.20. The number of hydrogen-bond acceptors (Lipinski definition) is 2. The molecule has 0 atom stereocenters. The standard InChI is InChI=1S/C13H17BrN2O.ClH/c1-9-8-10(14)4-5-11(9)16-12(17)13(15)6-2-3-7-13;/h4-5,8H,2-3,6-7,15H2,1H3,(H,16,17);1H. The summed E-state index contributed by atoms with van der Waals surface area (Å²) in [7, 11) is 0. The molecule has 0 saturated heterocycles. The number of amides is 1. The van der Waals surface area contributed by atoms with E-state index < -0.39 is 5.54 Å². The van der Waals surface area contributed by atoms with Crippen LogP contribution in [-0.4, -0.2) is 11.4 Å². The summed E-state index contributed by atoms with van der Waals surface area (Å²) in [6, 6.07) is 5.80. The molecule has 1 aliphatic carbocycles. The summed E-state index contributed by atoms with van der Waals surface area (Å²) in [5.41, 5.74) is 7.32. The lowest BCUT2D eigenvalue weighted by Gasteiger charge is -2.22. The number of anilines is 1. The number of carbonyl (C=O) groups is 1. The van der Waals surface area contributed by atoms with Gasteiger partial charge in [0, 0.05) is 10.2 Å². The van der Waals surface area contributed by atoms with Crippen LogP contribution >= 0.6 is 28.3 Å². The van der Waals surface area contributed by atoms with E-state index in [0.29, 0.717) is 0 Å². The van der Waals surface area contributed by atoms with Gasteiger partial charge in [-0.15, -0.1) is 12.4 Å². The second kappa shape index (κ2) is 6.04. The van der Waals surface area contributed by atoms with Crippen molar-refractivity contribution in [2.45, 2.75) is 38.1 Å². The maximum Gasteiger partial charge on any atom is 0.244 e. The molecule has 1 aromatic carbocycles. The minimum absolute atomic E-state index is 0. The highest BCUT2D eigenvalue weighted by Gasteiger charge is 2.37. The molecule has 1 aliphatic rings. The lowest BCUT2D eigenvalue weighted by atomic mass is 9.98. The first-order chi connectivity index (χ1) is 8.01. The predicted molar refractivity (Wildman–Crippen MR) is 80.1 cm³/mol. The van der Waals surface area contributed by atoms with Gasteiger partial charge < -0.3 is 11.1 Å². The zero-order valence-corrected chi connectivity index (χ0v) is 12.7. The van der Waals surface area contributed by atoms with Crippen molar-refractivity contribution in [3.8, 4) is 0 Å². The Bertz CT molecular complexity index is 445. The maximum atomic E-state index is 12.1. The van der Waals surface area contributed by atoms with Crippen molar-refractivity contribution >= 4 is 39.9 Å². The third-order valence-electron chi connectivity index (χ3n) is 3.38. The molecule has 1 saturated carbocycles. The van der Waals surface area contributed by atoms with Gasteiger partial charge in [0.15, 0.2) is 0 Å². The van der Waals surface area contributed by atoms with Crippen LogP contribution in [-0.2, 0) is 4.79 Å². The highest BCUT2D eigenvalue weighted by molar-refractivity contribution is 9.10. The van der Waals surface area contributed by atoms with Gasteiger partial charge in [0.2, 0.25) is 5.91 Å². The molecule has 5 heteroatoms. The zero-order valence-electron chi connectivity index (χ0n) is 10.3. The average Bonchev–Trinajstić information content (AvgIpc) is 2.71. The van der Waals surface area contributed by atoms with Crippen molar-refractivity contribution in [3.05, 3.63) is 28.2 Å². The first-order valence-electron chi connectivity index (χ1n) is 5.88. The summed E-state index contributed by atoms with van der Waals surface area (Å²) in [5.74, 6) is -0.0552. The number of rotatable bonds is 2. The van der Waals surface area contributed by atoms with Crippen LogP contribution in [0.4, 0.5) is 5.69 Å². The molecule has 18 heavy (non-hydrogen) atoms. The molecular formula is C13H18BrClN2O. The molecular weight excluding hydrogens is 316 g/mol. The monoisotopic (exact) mass is 332 g/mol. The normalized spacial score (nSPS) is 17.1. The van der Waals surface area contributed by atoms with E-state index in [0.717, 1.165) is 41.4 Å². The first kappa shape index (κ1) is 15.5. The molecule has 1 amide bonds. The Morgan fingerprint density at radius 2 is 2.00 bits per heavy atom. The van der Waals surface area contributed by atoms with Crippen LogP contribution in [0.25, 0.3) is 0 Å². The van der Waals surface area contributed by atoms with Gasteiger partial charge in [-0.1, -0.05) is 28.8 Å². The van der Waals surface area contributed by atoms with Crippen LogP contribution in [0.3, 0.4) is 0 Å². The quantitative estimate of drug-likeness (QED) is 0.871. The molecule has 2 rings (SSSR count). The van der Waals surface area contributed by atoms with Gasteiger partial charge in [0.1, 0.15) is 0 Å². The summed E-state index contributed by atoms with van der Waals surface area (Å²) in [6.45, 7) is 1.97. The smallest absolute Gasteiger partial charge is 0.244 e. The summed E-state index contributed by atoms with van der Waals surface area (Å²) in [5, 5.41) is 2.94. The Balaban J connectivity index is 0.00000162. The van der Waals surface area contributed by atoms with Gasteiger partial charge in [0.05, 0.1) is 5.54 Å². The molecule has 0 unspecified atom stereocenters. The van der Waals surface area contributed by atoms with E-state index in [9.17, 15) is 4.79 Å². The van der Waals surface area contributed by atoms with Gasteiger partial charge in [0.25, 0.3) is 0 Å². The molecule has 0 radical (unpaired) electrons. The Labute approximate surface area is 122 Å². The summed E-state index contributed by atoms with van der Waals surface area (Å²) < 4.78 is 1.01. The number of carbonyl (C=O) groups excluding carboxylic acids is 1. The number of hydrogen-bond donors (Lipinski definition) is 2. The van der Waals surface area contributed by atoms with E-state index in [1.807, 2.05) is 25.1 Å². The number of nitrogens with one attached hydrogen (secondary N) is 1. The summed E-state index contributed by atoms with van der Waals surface area (Å²) in [4.78, 5) is 12.1. The van der Waals surface area contributed by atoms with E-state index in [1.165, 1.54) is 0 Å². The van der Waals surface area contributed by atoms with Crippen LogP contribution in [0.5, 0.6) is 0 Å². The minimum atomic E-state index is -0.667. The molecule has 1 fully saturated rings. The van der Waals surface area contributed by atoms with Crippen molar-refractivity contribution < 1.29 is 4.79 Å². The number of nitrogens with two attached hydrogens (primary N) is 1. The van der Waals surface area contributed by atoms with Crippen molar-refractivity contribution in [3.63, 3.8) is 0 Å². The van der Waals surface area contributed by atoms with Gasteiger partial charge in [-0.25, -0.2) is 0 Å². The number of halogens is 2. The highest BCUT2D eigenvalue weighted by Crippen LogP contribution is 2.29. The second-order valence-electron chi connectivity index (χ2n) is 4.78. The SMILES string of the molecule is Cc1cc(Br)ccc1NC(=O)C1(N)CCCC1.Cl. The molecule has 0 bridgehead atoms. The Morgan fingerprint density at radius 3 is 2.56 bits per heavy atom. The highest BCUT2D eigenvalue weighted by atomic mass is 79.9. The lowest BCUT2D eigenvalue weighted by Crippen LogP contribution is -2.48. The van der Waals surface area contributed by atoms with E-state index >= 15 is 0 Å². The van der Waals surface area contributed by atoms with E-state index in [-0.39, 0.29) is 18.3 Å². The predicted octanol–water partition coefficient (Wildman–Crippen LogP) is 3.39. The molecule has 100 valence electrons. The topological polar surface area (TPSA) is 55.1 Å².